The van der Waals surface area contributed by atoms with Crippen LogP contribution in [0.5, 0.6) is 11.5 Å². The van der Waals surface area contributed by atoms with E-state index in [1.165, 1.54) is 0 Å². The fourth-order valence-electron chi connectivity index (χ4n) is 1.77. The Morgan fingerprint density at radius 3 is 2.64 bits per heavy atom. The molecule has 0 atom stereocenters. The SMILES string of the molecule is CCOc1ccccc1NC(=O)COc1cc(Cl)ccc1Cl. The molecule has 6 heteroatoms. The van der Waals surface area contributed by atoms with E-state index in [-0.39, 0.29) is 12.5 Å². The van der Waals surface area contributed by atoms with Gasteiger partial charge in [0.2, 0.25) is 0 Å². The second-order valence-electron chi connectivity index (χ2n) is 4.34. The van der Waals surface area contributed by atoms with Crippen LogP contribution in [0.25, 0.3) is 0 Å². The molecule has 0 bridgehead atoms. The van der Waals surface area contributed by atoms with Gasteiger partial charge in [0.15, 0.2) is 6.61 Å². The number of hydrogen-bond acceptors (Lipinski definition) is 3. The van der Waals surface area contributed by atoms with Gasteiger partial charge in [-0.15, -0.1) is 0 Å². The summed E-state index contributed by atoms with van der Waals surface area (Å²) >= 11 is 11.8. The molecule has 4 nitrogen and oxygen atoms in total. The second-order valence-corrected chi connectivity index (χ2v) is 5.18. The number of nitrogens with one attached hydrogen (secondary N) is 1. The maximum absolute atomic E-state index is 12.0. The van der Waals surface area contributed by atoms with Gasteiger partial charge in [0, 0.05) is 11.1 Å². The van der Waals surface area contributed by atoms with Gasteiger partial charge < -0.3 is 14.8 Å². The van der Waals surface area contributed by atoms with Crippen LogP contribution < -0.4 is 14.8 Å². The molecule has 116 valence electrons. The lowest BCUT2D eigenvalue weighted by molar-refractivity contribution is -0.118. The van der Waals surface area contributed by atoms with Crippen LogP contribution >= 0.6 is 23.2 Å². The number of anilines is 1. The maximum Gasteiger partial charge on any atom is 0.262 e. The summed E-state index contributed by atoms with van der Waals surface area (Å²) < 4.78 is 10.8. The van der Waals surface area contributed by atoms with E-state index in [1.807, 2.05) is 19.1 Å². The van der Waals surface area contributed by atoms with Crippen LogP contribution in [0.15, 0.2) is 42.5 Å². The summed E-state index contributed by atoms with van der Waals surface area (Å²) in [5.74, 6) is 0.657. The summed E-state index contributed by atoms with van der Waals surface area (Å²) in [4.78, 5) is 12.0. The highest BCUT2D eigenvalue weighted by Gasteiger charge is 2.09. The molecule has 0 saturated carbocycles. The predicted octanol–water partition coefficient (Wildman–Crippen LogP) is 4.41. The van der Waals surface area contributed by atoms with Crippen LogP contribution in [0.1, 0.15) is 6.92 Å². The Morgan fingerprint density at radius 1 is 1.09 bits per heavy atom. The fraction of sp³-hybridized carbons (Fsp3) is 0.188. The number of hydrogen-bond donors (Lipinski definition) is 1. The number of rotatable bonds is 6. The summed E-state index contributed by atoms with van der Waals surface area (Å²) in [6.45, 7) is 2.21. The normalized spacial score (nSPS) is 10.1. The quantitative estimate of drug-likeness (QED) is 0.847. The van der Waals surface area contributed by atoms with Crippen LogP contribution in [-0.2, 0) is 4.79 Å². The molecule has 0 unspecified atom stereocenters. The Labute approximate surface area is 138 Å². The number of halogens is 2. The van der Waals surface area contributed by atoms with Crippen molar-refractivity contribution in [3.05, 3.63) is 52.5 Å². The molecule has 1 amide bonds. The number of benzene rings is 2. The first-order valence-electron chi connectivity index (χ1n) is 6.69. The molecule has 0 fully saturated rings. The van der Waals surface area contributed by atoms with Gasteiger partial charge in [0.05, 0.1) is 17.3 Å². The molecule has 0 radical (unpaired) electrons. The van der Waals surface area contributed by atoms with Crippen molar-refractivity contribution in [1.82, 2.24) is 0 Å². The molecule has 0 aromatic heterocycles. The van der Waals surface area contributed by atoms with Gasteiger partial charge >= 0.3 is 0 Å². The van der Waals surface area contributed by atoms with Gasteiger partial charge in [-0.3, -0.25) is 4.79 Å². The van der Waals surface area contributed by atoms with Crippen molar-refractivity contribution in [1.29, 1.82) is 0 Å². The largest absolute Gasteiger partial charge is 0.492 e. The summed E-state index contributed by atoms with van der Waals surface area (Å²) in [5.41, 5.74) is 0.593. The van der Waals surface area contributed by atoms with Crippen LogP contribution in [0.2, 0.25) is 10.0 Å². The first-order valence-corrected chi connectivity index (χ1v) is 7.45. The standard InChI is InChI=1S/C16H15Cl2NO3/c1-2-21-14-6-4-3-5-13(14)19-16(20)10-22-15-9-11(17)7-8-12(15)18/h3-9H,2,10H2,1H3,(H,19,20). The summed E-state index contributed by atoms with van der Waals surface area (Å²) in [5, 5.41) is 3.62. The third kappa shape index (κ3) is 4.55. The van der Waals surface area contributed by atoms with Crippen molar-refractivity contribution in [2.75, 3.05) is 18.5 Å². The molecule has 2 aromatic carbocycles. The van der Waals surface area contributed by atoms with Gasteiger partial charge in [0.25, 0.3) is 5.91 Å². The minimum absolute atomic E-state index is 0.180. The number of ether oxygens (including phenoxy) is 2. The zero-order valence-electron chi connectivity index (χ0n) is 11.9. The van der Waals surface area contributed by atoms with E-state index in [0.717, 1.165) is 0 Å². The molecule has 0 aliphatic carbocycles. The van der Waals surface area contributed by atoms with Crippen molar-refractivity contribution >= 4 is 34.8 Å². The third-order valence-corrected chi connectivity index (χ3v) is 3.26. The highest BCUT2D eigenvalue weighted by atomic mass is 35.5. The Bertz CT molecular complexity index is 662. The van der Waals surface area contributed by atoms with Crippen LogP contribution in [-0.4, -0.2) is 19.1 Å². The summed E-state index contributed by atoms with van der Waals surface area (Å²) in [6.07, 6.45) is 0. The zero-order chi connectivity index (χ0) is 15.9. The first-order chi connectivity index (χ1) is 10.6. The molecule has 0 spiro atoms. The molecule has 0 aliphatic heterocycles. The number of carbonyl (C=O) groups is 1. The van der Waals surface area contributed by atoms with Crippen molar-refractivity contribution in [2.24, 2.45) is 0 Å². The van der Waals surface area contributed by atoms with Gasteiger partial charge in [0.1, 0.15) is 11.5 Å². The van der Waals surface area contributed by atoms with E-state index in [0.29, 0.717) is 33.8 Å². The highest BCUT2D eigenvalue weighted by Crippen LogP contribution is 2.28. The van der Waals surface area contributed by atoms with E-state index >= 15 is 0 Å². The van der Waals surface area contributed by atoms with E-state index < -0.39 is 0 Å². The average molecular weight is 340 g/mol. The van der Waals surface area contributed by atoms with Gasteiger partial charge in [-0.25, -0.2) is 0 Å². The lowest BCUT2D eigenvalue weighted by Gasteiger charge is -2.12. The molecule has 22 heavy (non-hydrogen) atoms. The Balaban J connectivity index is 1.97. The summed E-state index contributed by atoms with van der Waals surface area (Å²) in [6, 6.07) is 12.0. The number of para-hydroxylation sites is 2. The monoisotopic (exact) mass is 339 g/mol. The Hall–Kier alpha value is -1.91. The molecular weight excluding hydrogens is 325 g/mol. The minimum atomic E-state index is -0.316. The average Bonchev–Trinajstić information content (AvgIpc) is 2.50. The van der Waals surface area contributed by atoms with Crippen LogP contribution in [0.4, 0.5) is 5.69 Å². The maximum atomic E-state index is 12.0. The summed E-state index contributed by atoms with van der Waals surface area (Å²) in [7, 11) is 0. The highest BCUT2D eigenvalue weighted by molar-refractivity contribution is 6.34. The topological polar surface area (TPSA) is 47.6 Å². The van der Waals surface area contributed by atoms with Gasteiger partial charge in [-0.05, 0) is 31.2 Å². The third-order valence-electron chi connectivity index (χ3n) is 2.71. The van der Waals surface area contributed by atoms with Crippen molar-refractivity contribution in [3.63, 3.8) is 0 Å². The zero-order valence-corrected chi connectivity index (χ0v) is 13.4. The lowest BCUT2D eigenvalue weighted by Crippen LogP contribution is -2.20. The minimum Gasteiger partial charge on any atom is -0.492 e. The van der Waals surface area contributed by atoms with Gasteiger partial charge in [-0.1, -0.05) is 35.3 Å². The lowest BCUT2D eigenvalue weighted by atomic mass is 10.3. The van der Waals surface area contributed by atoms with Crippen LogP contribution in [0, 0.1) is 0 Å². The molecule has 2 aromatic rings. The Kier molecular flexibility index (Phi) is 5.92. The van der Waals surface area contributed by atoms with E-state index in [1.54, 1.807) is 30.3 Å². The van der Waals surface area contributed by atoms with Gasteiger partial charge in [-0.2, -0.15) is 0 Å². The van der Waals surface area contributed by atoms with Crippen molar-refractivity contribution in [3.8, 4) is 11.5 Å². The van der Waals surface area contributed by atoms with Crippen molar-refractivity contribution in [2.45, 2.75) is 6.92 Å². The van der Waals surface area contributed by atoms with E-state index in [9.17, 15) is 4.79 Å². The fourth-order valence-corrected chi connectivity index (χ4v) is 2.10. The molecular formula is C16H15Cl2NO3. The molecule has 0 aliphatic rings. The van der Waals surface area contributed by atoms with E-state index in [4.69, 9.17) is 32.7 Å². The molecule has 0 heterocycles. The first kappa shape index (κ1) is 16.5. The number of carbonyl (C=O) groups excluding carboxylic acids is 1. The predicted molar refractivity (Wildman–Crippen MR) is 88.2 cm³/mol. The molecule has 0 saturated heterocycles. The van der Waals surface area contributed by atoms with E-state index in [2.05, 4.69) is 5.32 Å². The van der Waals surface area contributed by atoms with Crippen LogP contribution in [0.3, 0.4) is 0 Å². The van der Waals surface area contributed by atoms with Crippen molar-refractivity contribution < 1.29 is 14.3 Å². The smallest absolute Gasteiger partial charge is 0.262 e. The second kappa shape index (κ2) is 7.92. The molecule has 2 rings (SSSR count). The number of amides is 1. The Morgan fingerprint density at radius 2 is 1.86 bits per heavy atom. The molecule has 1 N–H and O–H groups in total.